The van der Waals surface area contributed by atoms with Crippen molar-refractivity contribution in [3.05, 3.63) is 77.3 Å². The average molecular weight is 474 g/mol. The van der Waals surface area contributed by atoms with Crippen LogP contribution in [0.3, 0.4) is 0 Å². The normalized spacial score (nSPS) is 11.0. The van der Waals surface area contributed by atoms with Gasteiger partial charge in [0.15, 0.2) is 0 Å². The summed E-state index contributed by atoms with van der Waals surface area (Å²) in [4.78, 5) is 23.3. The second-order valence-electron chi connectivity index (χ2n) is 6.83. The maximum Gasteiger partial charge on any atom is 0.241 e. The molecule has 3 rings (SSSR count). The Hall–Kier alpha value is -3.40. The average Bonchev–Trinajstić information content (AvgIpc) is 2.70. The summed E-state index contributed by atoms with van der Waals surface area (Å²) < 4.78 is 30.0. The molecule has 0 spiro atoms. The number of halogens is 1. The highest BCUT2D eigenvalue weighted by Gasteiger charge is 2.18. The van der Waals surface area contributed by atoms with E-state index in [1.807, 2.05) is 0 Å². The van der Waals surface area contributed by atoms with E-state index in [1.54, 1.807) is 42.5 Å². The predicted octanol–water partition coefficient (Wildman–Crippen LogP) is 3.92. The van der Waals surface area contributed by atoms with Crippen LogP contribution >= 0.6 is 11.6 Å². The molecule has 0 aliphatic carbocycles. The van der Waals surface area contributed by atoms with Crippen LogP contribution in [0, 0.1) is 0 Å². The molecule has 2 amide bonds. The number of carbonyl (C=O) groups excluding carboxylic acids is 2. The summed E-state index contributed by atoms with van der Waals surface area (Å²) in [6, 6.07) is 17.4. The summed E-state index contributed by atoms with van der Waals surface area (Å²) in [6.07, 6.45) is 0.0125. The van der Waals surface area contributed by atoms with Crippen molar-refractivity contribution < 1.29 is 22.7 Å². The Morgan fingerprint density at radius 2 is 1.69 bits per heavy atom. The van der Waals surface area contributed by atoms with E-state index < -0.39 is 10.0 Å². The number of rotatable bonds is 7. The van der Waals surface area contributed by atoms with Gasteiger partial charge in [0, 0.05) is 29.4 Å². The van der Waals surface area contributed by atoms with Gasteiger partial charge in [-0.2, -0.15) is 0 Å². The fourth-order valence-corrected chi connectivity index (χ4v) is 3.76. The van der Waals surface area contributed by atoms with Gasteiger partial charge in [-0.1, -0.05) is 35.9 Å². The first-order chi connectivity index (χ1) is 15.1. The van der Waals surface area contributed by atoms with Crippen molar-refractivity contribution in [2.45, 2.75) is 18.2 Å². The third-order valence-corrected chi connectivity index (χ3v) is 5.53. The zero-order chi connectivity index (χ0) is 23.3. The number of anilines is 2. The number of benzene rings is 3. The van der Waals surface area contributed by atoms with Crippen molar-refractivity contribution in [2.75, 3.05) is 10.6 Å². The third-order valence-electron chi connectivity index (χ3n) is 4.23. The van der Waals surface area contributed by atoms with Gasteiger partial charge >= 0.3 is 0 Å². The molecule has 3 aromatic rings. The Kier molecular flexibility index (Phi) is 7.14. The van der Waals surface area contributed by atoms with Crippen LogP contribution in [0.25, 0.3) is 0 Å². The van der Waals surface area contributed by atoms with E-state index >= 15 is 0 Å². The topological polar surface area (TPSA) is 128 Å². The van der Waals surface area contributed by atoms with Crippen molar-refractivity contribution in [2.24, 2.45) is 5.14 Å². The van der Waals surface area contributed by atoms with Gasteiger partial charge in [0.25, 0.3) is 0 Å². The minimum absolute atomic E-state index is 0.0125. The van der Waals surface area contributed by atoms with E-state index in [2.05, 4.69) is 10.6 Å². The number of nitrogens with one attached hydrogen (secondary N) is 2. The molecule has 0 aromatic heterocycles. The van der Waals surface area contributed by atoms with E-state index in [9.17, 15) is 18.0 Å². The first kappa shape index (κ1) is 23.3. The number of nitrogens with two attached hydrogens (primary N) is 1. The molecule has 32 heavy (non-hydrogen) atoms. The van der Waals surface area contributed by atoms with Gasteiger partial charge in [0.05, 0.1) is 6.42 Å². The molecule has 166 valence electrons. The van der Waals surface area contributed by atoms with Crippen molar-refractivity contribution >= 4 is 44.8 Å². The van der Waals surface area contributed by atoms with Crippen LogP contribution in [0.15, 0.2) is 71.6 Å². The Bertz CT molecular complexity index is 1280. The molecule has 0 aliphatic rings. The molecule has 0 heterocycles. The van der Waals surface area contributed by atoms with E-state index in [-0.39, 0.29) is 40.3 Å². The number of primary sulfonamides is 1. The van der Waals surface area contributed by atoms with Crippen molar-refractivity contribution in [1.29, 1.82) is 0 Å². The number of hydrogen-bond acceptors (Lipinski definition) is 5. The molecule has 4 N–H and O–H groups in total. The number of carbonyl (C=O) groups is 2. The Morgan fingerprint density at radius 1 is 0.969 bits per heavy atom. The smallest absolute Gasteiger partial charge is 0.241 e. The zero-order valence-electron chi connectivity index (χ0n) is 17.0. The fourth-order valence-electron chi connectivity index (χ4n) is 2.88. The summed E-state index contributed by atoms with van der Waals surface area (Å²) in [5.41, 5.74) is 1.35. The summed E-state index contributed by atoms with van der Waals surface area (Å²) in [5, 5.41) is 11.1. The van der Waals surface area contributed by atoms with Gasteiger partial charge in [0.2, 0.25) is 21.8 Å². The summed E-state index contributed by atoms with van der Waals surface area (Å²) in [6.45, 7) is 1.37. The lowest BCUT2D eigenvalue weighted by Crippen LogP contribution is -2.17. The van der Waals surface area contributed by atoms with E-state index in [4.69, 9.17) is 21.5 Å². The molecule has 10 heteroatoms. The molecule has 0 unspecified atom stereocenters. The Morgan fingerprint density at radius 3 is 2.38 bits per heavy atom. The first-order valence-corrected chi connectivity index (χ1v) is 11.3. The van der Waals surface area contributed by atoms with Gasteiger partial charge in [0.1, 0.15) is 16.4 Å². The Balaban J connectivity index is 1.83. The largest absolute Gasteiger partial charge is 0.456 e. The van der Waals surface area contributed by atoms with E-state index in [0.717, 1.165) is 0 Å². The predicted molar refractivity (Wildman–Crippen MR) is 122 cm³/mol. The highest BCUT2D eigenvalue weighted by molar-refractivity contribution is 7.89. The molecule has 0 saturated carbocycles. The zero-order valence-corrected chi connectivity index (χ0v) is 18.5. The second-order valence-corrected chi connectivity index (χ2v) is 8.77. The van der Waals surface area contributed by atoms with Crippen LogP contribution in [-0.2, 0) is 26.0 Å². The number of sulfonamides is 1. The monoisotopic (exact) mass is 473 g/mol. The summed E-state index contributed by atoms with van der Waals surface area (Å²) in [7, 11) is -4.17. The van der Waals surface area contributed by atoms with Crippen LogP contribution in [0.1, 0.15) is 12.5 Å². The lowest BCUT2D eigenvalue weighted by atomic mass is 10.1. The number of amides is 2. The molecule has 8 nitrogen and oxygen atoms in total. The minimum Gasteiger partial charge on any atom is -0.456 e. The van der Waals surface area contributed by atoms with Crippen molar-refractivity contribution in [3.63, 3.8) is 0 Å². The van der Waals surface area contributed by atoms with Crippen LogP contribution in [0.5, 0.6) is 11.5 Å². The molecule has 0 bridgehead atoms. The third kappa shape index (κ3) is 6.30. The molecule has 3 aromatic carbocycles. The molecular formula is C22H20ClN3O5S. The van der Waals surface area contributed by atoms with E-state index in [1.165, 1.54) is 31.2 Å². The summed E-state index contributed by atoms with van der Waals surface area (Å²) >= 11 is 6.08. The van der Waals surface area contributed by atoms with Crippen molar-refractivity contribution in [1.82, 2.24) is 0 Å². The van der Waals surface area contributed by atoms with Crippen LogP contribution < -0.4 is 20.5 Å². The highest BCUT2D eigenvalue weighted by atomic mass is 35.5. The van der Waals surface area contributed by atoms with Gasteiger partial charge < -0.3 is 15.4 Å². The Labute approximate surface area is 190 Å². The lowest BCUT2D eigenvalue weighted by Gasteiger charge is -2.13. The van der Waals surface area contributed by atoms with Crippen LogP contribution in [0.2, 0.25) is 5.02 Å². The SMILES string of the molecule is CC(=O)Nc1cccc(Oc2ccc(NC(=O)Cc3ccccc3Cl)cc2S(N)(=O)=O)c1. The molecular weight excluding hydrogens is 454 g/mol. The standard InChI is InChI=1S/C22H20ClN3O5S/c1-14(27)25-16-6-4-7-18(12-16)31-20-10-9-17(13-21(20)32(24,29)30)26-22(28)11-15-5-2-3-8-19(15)23/h2-10,12-13H,11H2,1H3,(H,25,27)(H,26,28)(H2,24,29,30). The first-order valence-electron chi connectivity index (χ1n) is 9.37. The lowest BCUT2D eigenvalue weighted by molar-refractivity contribution is -0.116. The second kappa shape index (κ2) is 9.82. The highest BCUT2D eigenvalue weighted by Crippen LogP contribution is 2.32. The number of hydrogen-bond donors (Lipinski definition) is 3. The molecule has 0 saturated heterocycles. The van der Waals surface area contributed by atoms with Gasteiger partial charge in [-0.25, -0.2) is 13.6 Å². The van der Waals surface area contributed by atoms with Crippen LogP contribution in [-0.4, -0.2) is 20.2 Å². The number of ether oxygens (including phenoxy) is 1. The molecule has 0 atom stereocenters. The van der Waals surface area contributed by atoms with Crippen LogP contribution in [0.4, 0.5) is 11.4 Å². The van der Waals surface area contributed by atoms with Gasteiger partial charge in [-0.05, 0) is 42.0 Å². The summed E-state index contributed by atoms with van der Waals surface area (Å²) in [5.74, 6) is -0.382. The quantitative estimate of drug-likeness (QED) is 0.479. The molecule has 0 radical (unpaired) electrons. The fraction of sp³-hybridized carbons (Fsp3) is 0.0909. The van der Waals surface area contributed by atoms with E-state index in [0.29, 0.717) is 16.3 Å². The minimum atomic E-state index is -4.17. The maximum absolute atomic E-state index is 12.4. The van der Waals surface area contributed by atoms with Gasteiger partial charge in [-0.3, -0.25) is 9.59 Å². The molecule has 0 aliphatic heterocycles. The van der Waals surface area contributed by atoms with Crippen molar-refractivity contribution in [3.8, 4) is 11.5 Å². The molecule has 0 fully saturated rings. The van der Waals surface area contributed by atoms with Gasteiger partial charge in [-0.15, -0.1) is 0 Å². The maximum atomic E-state index is 12.4.